The number of unbranched alkanes of at least 4 members (excludes halogenated alkanes) is 8. The van der Waals surface area contributed by atoms with Gasteiger partial charge in [-0.3, -0.25) is 0 Å². The predicted molar refractivity (Wildman–Crippen MR) is 85.4 cm³/mol. The third-order valence-corrected chi connectivity index (χ3v) is 4.13. The zero-order chi connectivity index (χ0) is 13.5. The summed E-state index contributed by atoms with van der Waals surface area (Å²) in [4.78, 5) is 0. The van der Waals surface area contributed by atoms with E-state index in [1.807, 2.05) is 0 Å². The number of hydrogen-bond donors (Lipinski definition) is 0. The molecule has 0 N–H and O–H groups in total. The van der Waals surface area contributed by atoms with Gasteiger partial charge >= 0.3 is 126 Å². The Bertz CT molecular complexity index is 131. The molecule has 0 aromatic heterocycles. The van der Waals surface area contributed by atoms with Gasteiger partial charge in [-0.05, 0) is 0 Å². The monoisotopic (exact) mass is 246 g/mol. The molecule has 0 aromatic rings. The van der Waals surface area contributed by atoms with E-state index in [0.717, 1.165) is 5.92 Å². The Morgan fingerprint density at radius 2 is 1.06 bits per heavy atom. The SMILES string of the molecule is [Li][CH2]CC(CCCCCCC)CCCCCCC. The van der Waals surface area contributed by atoms with Gasteiger partial charge in [0.05, 0.1) is 0 Å². The van der Waals surface area contributed by atoms with E-state index in [1.54, 1.807) is 0 Å². The van der Waals surface area contributed by atoms with Gasteiger partial charge in [0.1, 0.15) is 0 Å². The standard InChI is InChI=1S/C17H35.Li/c1-4-7-9-11-13-15-17(6-3)16-14-12-10-8-5-2;/h17H,3-16H2,1-2H3;. The fourth-order valence-corrected chi connectivity index (χ4v) is 2.91. The maximum absolute atomic E-state index is 2.35. The third-order valence-electron chi connectivity index (χ3n) is 4.13. The molecule has 0 saturated carbocycles. The molecule has 104 valence electrons. The molecule has 0 heterocycles. The normalized spacial score (nSPS) is 11.4. The molecule has 0 fully saturated rings. The second-order valence-electron chi connectivity index (χ2n) is 6.06. The van der Waals surface area contributed by atoms with E-state index < -0.39 is 0 Å². The van der Waals surface area contributed by atoms with Gasteiger partial charge in [0.2, 0.25) is 0 Å². The Labute approximate surface area is 126 Å². The molecule has 0 aliphatic rings. The van der Waals surface area contributed by atoms with Crippen molar-refractivity contribution in [2.24, 2.45) is 5.92 Å². The maximum atomic E-state index is 2.35. The Balaban J connectivity index is 3.45. The molecular weight excluding hydrogens is 211 g/mol. The number of rotatable bonds is 14. The van der Waals surface area contributed by atoms with Crippen molar-refractivity contribution in [3.05, 3.63) is 0 Å². The molecule has 0 aliphatic carbocycles. The van der Waals surface area contributed by atoms with Crippen molar-refractivity contribution in [3.63, 3.8) is 0 Å². The molecular formula is C17H35Li. The van der Waals surface area contributed by atoms with Crippen molar-refractivity contribution >= 4 is 17.7 Å². The summed E-state index contributed by atoms with van der Waals surface area (Å²) in [5, 5.41) is 1.38. The summed E-state index contributed by atoms with van der Waals surface area (Å²) in [5.74, 6) is 1.04. The minimum absolute atomic E-state index is 1.04. The molecule has 0 aliphatic heterocycles. The van der Waals surface area contributed by atoms with Crippen LogP contribution in [0.1, 0.15) is 97.3 Å². The molecule has 0 bridgehead atoms. The Hall–Kier alpha value is 0.597. The van der Waals surface area contributed by atoms with Crippen molar-refractivity contribution in [3.8, 4) is 0 Å². The van der Waals surface area contributed by atoms with Gasteiger partial charge in [-0.15, -0.1) is 0 Å². The molecule has 0 radical (unpaired) electrons. The van der Waals surface area contributed by atoms with Crippen LogP contribution in [0.3, 0.4) is 0 Å². The Morgan fingerprint density at radius 1 is 0.611 bits per heavy atom. The van der Waals surface area contributed by atoms with Crippen molar-refractivity contribution in [2.75, 3.05) is 0 Å². The van der Waals surface area contributed by atoms with Crippen LogP contribution in [0.15, 0.2) is 0 Å². The quantitative estimate of drug-likeness (QED) is 0.249. The molecule has 0 unspecified atom stereocenters. The van der Waals surface area contributed by atoms with E-state index in [1.165, 1.54) is 88.6 Å². The van der Waals surface area contributed by atoms with Gasteiger partial charge in [0, 0.05) is 0 Å². The molecule has 0 saturated heterocycles. The minimum atomic E-state index is 1.04. The molecule has 0 spiro atoms. The van der Waals surface area contributed by atoms with Gasteiger partial charge in [-0.2, -0.15) is 0 Å². The first-order chi connectivity index (χ1) is 8.85. The first-order valence-corrected chi connectivity index (χ1v) is 8.85. The van der Waals surface area contributed by atoms with E-state index in [9.17, 15) is 0 Å². The average Bonchev–Trinajstić information content (AvgIpc) is 2.38. The average molecular weight is 246 g/mol. The fourth-order valence-electron chi connectivity index (χ4n) is 2.91. The van der Waals surface area contributed by atoms with E-state index >= 15 is 0 Å². The van der Waals surface area contributed by atoms with Crippen LogP contribution in [0.4, 0.5) is 0 Å². The summed E-state index contributed by atoms with van der Waals surface area (Å²) in [5.41, 5.74) is 0. The van der Waals surface area contributed by atoms with Gasteiger partial charge in [0.25, 0.3) is 0 Å². The molecule has 0 aromatic carbocycles. The van der Waals surface area contributed by atoms with Crippen LogP contribution in [-0.2, 0) is 0 Å². The summed E-state index contributed by atoms with van der Waals surface area (Å²) in [6.45, 7) is 4.60. The molecule has 0 nitrogen and oxygen atoms in total. The van der Waals surface area contributed by atoms with Crippen LogP contribution in [0.2, 0.25) is 5.09 Å². The van der Waals surface area contributed by atoms with Gasteiger partial charge in [0.15, 0.2) is 0 Å². The van der Waals surface area contributed by atoms with E-state index in [2.05, 4.69) is 31.6 Å². The van der Waals surface area contributed by atoms with Crippen LogP contribution in [0, 0.1) is 5.92 Å². The van der Waals surface area contributed by atoms with Crippen molar-refractivity contribution in [1.29, 1.82) is 0 Å². The van der Waals surface area contributed by atoms with Gasteiger partial charge < -0.3 is 0 Å². The van der Waals surface area contributed by atoms with E-state index in [0.29, 0.717) is 0 Å². The van der Waals surface area contributed by atoms with Crippen molar-refractivity contribution in [1.82, 2.24) is 0 Å². The van der Waals surface area contributed by atoms with Crippen LogP contribution in [0.5, 0.6) is 0 Å². The molecule has 0 rings (SSSR count). The van der Waals surface area contributed by atoms with Crippen LogP contribution < -0.4 is 0 Å². The summed E-state index contributed by atoms with van der Waals surface area (Å²) in [6.07, 6.45) is 19.0. The van der Waals surface area contributed by atoms with Crippen LogP contribution in [-0.4, -0.2) is 17.7 Å². The zero-order valence-corrected chi connectivity index (χ0v) is 13.5. The van der Waals surface area contributed by atoms with E-state index in [-0.39, 0.29) is 0 Å². The van der Waals surface area contributed by atoms with Crippen LogP contribution in [0.25, 0.3) is 0 Å². The molecule has 1 heteroatoms. The second kappa shape index (κ2) is 15.7. The summed E-state index contributed by atoms with van der Waals surface area (Å²) in [7, 11) is 0. The Morgan fingerprint density at radius 3 is 1.44 bits per heavy atom. The van der Waals surface area contributed by atoms with E-state index in [4.69, 9.17) is 0 Å². The summed E-state index contributed by atoms with van der Waals surface area (Å²) in [6, 6.07) is 0. The first kappa shape index (κ1) is 18.6. The summed E-state index contributed by atoms with van der Waals surface area (Å²) < 4.78 is 0. The first-order valence-electron chi connectivity index (χ1n) is 8.85. The van der Waals surface area contributed by atoms with Gasteiger partial charge in [-0.25, -0.2) is 0 Å². The zero-order valence-electron chi connectivity index (χ0n) is 13.5. The topological polar surface area (TPSA) is 0 Å². The second-order valence-corrected chi connectivity index (χ2v) is 6.06. The fraction of sp³-hybridized carbons (Fsp3) is 1.00. The molecule has 0 atom stereocenters. The molecule has 18 heavy (non-hydrogen) atoms. The predicted octanol–water partition coefficient (Wildman–Crippen LogP) is 6.30. The third kappa shape index (κ3) is 13.0. The number of hydrogen-bond acceptors (Lipinski definition) is 0. The molecule has 0 amide bonds. The Kier molecular flexibility index (Phi) is 16.2. The van der Waals surface area contributed by atoms with Crippen LogP contribution >= 0.6 is 0 Å². The van der Waals surface area contributed by atoms with Crippen molar-refractivity contribution in [2.45, 2.75) is 102 Å². The summed E-state index contributed by atoms with van der Waals surface area (Å²) >= 11 is 2.35. The van der Waals surface area contributed by atoms with Gasteiger partial charge in [-0.1, -0.05) is 0 Å². The van der Waals surface area contributed by atoms with Crippen molar-refractivity contribution < 1.29 is 0 Å².